The molecule has 1 saturated carbocycles. The summed E-state index contributed by atoms with van der Waals surface area (Å²) in [5.74, 6) is 0.264. The van der Waals surface area contributed by atoms with Crippen molar-refractivity contribution in [3.8, 4) is 0 Å². The first kappa shape index (κ1) is 14.1. The summed E-state index contributed by atoms with van der Waals surface area (Å²) in [4.78, 5) is 12.6. The molecule has 2 aromatic rings. The van der Waals surface area contributed by atoms with Crippen LogP contribution in [0.1, 0.15) is 56.0 Å². The minimum atomic E-state index is 0.0281. The Labute approximate surface area is 126 Å². The number of Topliss-reactive ketones (excluding diaryl/α,β-unsaturated/α-hetero) is 1. The van der Waals surface area contributed by atoms with Crippen LogP contribution in [-0.2, 0) is 0 Å². The van der Waals surface area contributed by atoms with Gasteiger partial charge in [0.15, 0.2) is 5.78 Å². The van der Waals surface area contributed by atoms with Gasteiger partial charge in [0, 0.05) is 11.5 Å². The van der Waals surface area contributed by atoms with Gasteiger partial charge in [-0.15, -0.1) is 0 Å². The third kappa shape index (κ3) is 2.42. The highest BCUT2D eigenvalue weighted by atomic mass is 16.1. The number of benzene rings is 2. The molecule has 1 heteroatoms. The van der Waals surface area contributed by atoms with Crippen LogP contribution in [0.5, 0.6) is 0 Å². The number of fused-ring (bicyclic) bond motifs is 1. The second kappa shape index (κ2) is 5.48. The molecule has 1 aliphatic rings. The number of rotatable bonds is 3. The molecule has 0 spiro atoms. The van der Waals surface area contributed by atoms with Crippen LogP contribution < -0.4 is 0 Å². The molecule has 0 atom stereocenters. The van der Waals surface area contributed by atoms with Gasteiger partial charge < -0.3 is 0 Å². The standard InChI is InChI=1S/C20H22O/c1-13(2)20(21)18-12-6-10-16-9-5-11-17(19(16)18)14(3)15-7-4-8-15/h5-6,9-13H,4,7-8H2,1-3H3. The van der Waals surface area contributed by atoms with E-state index in [-0.39, 0.29) is 11.7 Å². The maximum atomic E-state index is 12.6. The van der Waals surface area contributed by atoms with Crippen LogP contribution in [0.2, 0.25) is 0 Å². The molecule has 2 aromatic carbocycles. The predicted octanol–water partition coefficient (Wildman–Crippen LogP) is 5.64. The minimum absolute atomic E-state index is 0.0281. The number of hydrogen-bond donors (Lipinski definition) is 0. The van der Waals surface area contributed by atoms with Gasteiger partial charge in [0.25, 0.3) is 0 Å². The SMILES string of the molecule is CC(=C1CCC1)c1cccc2cccc(C(=O)C(C)C)c12. The molecule has 108 valence electrons. The van der Waals surface area contributed by atoms with Gasteiger partial charge in [0.05, 0.1) is 0 Å². The molecule has 0 amide bonds. The largest absolute Gasteiger partial charge is 0.294 e. The van der Waals surface area contributed by atoms with Gasteiger partial charge in [-0.25, -0.2) is 0 Å². The van der Waals surface area contributed by atoms with E-state index >= 15 is 0 Å². The van der Waals surface area contributed by atoms with Gasteiger partial charge in [-0.3, -0.25) is 4.79 Å². The zero-order valence-corrected chi connectivity index (χ0v) is 13.1. The number of hydrogen-bond acceptors (Lipinski definition) is 1. The van der Waals surface area contributed by atoms with Gasteiger partial charge >= 0.3 is 0 Å². The Morgan fingerprint density at radius 3 is 2.14 bits per heavy atom. The Morgan fingerprint density at radius 1 is 1.00 bits per heavy atom. The van der Waals surface area contributed by atoms with Crippen molar-refractivity contribution in [1.82, 2.24) is 0 Å². The molecule has 0 bridgehead atoms. The summed E-state index contributed by atoms with van der Waals surface area (Å²) in [6.07, 6.45) is 3.72. The molecule has 0 aromatic heterocycles. The first-order valence-electron chi connectivity index (χ1n) is 7.84. The van der Waals surface area contributed by atoms with E-state index < -0.39 is 0 Å². The zero-order valence-electron chi connectivity index (χ0n) is 13.1. The normalized spacial score (nSPS) is 14.4. The second-order valence-corrected chi connectivity index (χ2v) is 6.31. The molecule has 0 saturated heterocycles. The first-order valence-corrected chi connectivity index (χ1v) is 7.84. The minimum Gasteiger partial charge on any atom is -0.294 e. The number of allylic oxidation sites excluding steroid dienone is 2. The fraction of sp³-hybridized carbons (Fsp3) is 0.350. The smallest absolute Gasteiger partial charge is 0.166 e. The lowest BCUT2D eigenvalue weighted by atomic mass is 9.83. The van der Waals surface area contributed by atoms with E-state index in [9.17, 15) is 4.79 Å². The van der Waals surface area contributed by atoms with Crippen LogP contribution in [-0.4, -0.2) is 5.78 Å². The number of carbonyl (C=O) groups excluding carboxylic acids is 1. The van der Waals surface area contributed by atoms with Crippen molar-refractivity contribution in [3.05, 3.63) is 53.1 Å². The van der Waals surface area contributed by atoms with Crippen molar-refractivity contribution in [2.75, 3.05) is 0 Å². The summed E-state index contributed by atoms with van der Waals surface area (Å²) in [5.41, 5.74) is 5.04. The average molecular weight is 278 g/mol. The fourth-order valence-electron chi connectivity index (χ4n) is 3.09. The molecule has 21 heavy (non-hydrogen) atoms. The van der Waals surface area contributed by atoms with Gasteiger partial charge in [0.1, 0.15) is 0 Å². The molecule has 0 aliphatic heterocycles. The average Bonchev–Trinajstić information content (AvgIpc) is 2.43. The van der Waals surface area contributed by atoms with Crippen molar-refractivity contribution >= 4 is 22.1 Å². The maximum absolute atomic E-state index is 12.6. The van der Waals surface area contributed by atoms with Crippen molar-refractivity contribution in [2.45, 2.75) is 40.0 Å². The predicted molar refractivity (Wildman–Crippen MR) is 89.6 cm³/mol. The summed E-state index contributed by atoms with van der Waals surface area (Å²) in [5, 5.41) is 2.30. The third-order valence-corrected chi connectivity index (χ3v) is 4.59. The lowest BCUT2D eigenvalue weighted by Gasteiger charge is -2.22. The lowest BCUT2D eigenvalue weighted by molar-refractivity contribution is 0.0941. The van der Waals surface area contributed by atoms with Crippen molar-refractivity contribution in [1.29, 1.82) is 0 Å². The molecule has 1 aliphatic carbocycles. The Balaban J connectivity index is 2.28. The van der Waals surface area contributed by atoms with Crippen LogP contribution >= 0.6 is 0 Å². The van der Waals surface area contributed by atoms with Crippen LogP contribution in [0.25, 0.3) is 16.3 Å². The van der Waals surface area contributed by atoms with E-state index in [2.05, 4.69) is 31.2 Å². The molecule has 0 N–H and O–H groups in total. The van der Waals surface area contributed by atoms with Crippen molar-refractivity contribution in [2.24, 2.45) is 5.92 Å². The van der Waals surface area contributed by atoms with Crippen LogP contribution in [0.4, 0.5) is 0 Å². The van der Waals surface area contributed by atoms with Crippen LogP contribution in [0, 0.1) is 5.92 Å². The highest BCUT2D eigenvalue weighted by molar-refractivity contribution is 6.12. The molecule has 0 radical (unpaired) electrons. The second-order valence-electron chi connectivity index (χ2n) is 6.31. The summed E-state index contributed by atoms with van der Waals surface area (Å²) in [6, 6.07) is 12.5. The zero-order chi connectivity index (χ0) is 15.0. The molecule has 1 fully saturated rings. The number of carbonyl (C=O) groups is 1. The topological polar surface area (TPSA) is 17.1 Å². The van der Waals surface area contributed by atoms with Gasteiger partial charge in [-0.2, -0.15) is 0 Å². The summed E-state index contributed by atoms with van der Waals surface area (Å²) >= 11 is 0. The van der Waals surface area contributed by atoms with E-state index in [0.717, 1.165) is 10.9 Å². The third-order valence-electron chi connectivity index (χ3n) is 4.59. The quantitative estimate of drug-likeness (QED) is 0.664. The fourth-order valence-corrected chi connectivity index (χ4v) is 3.09. The van der Waals surface area contributed by atoms with E-state index in [1.807, 2.05) is 26.0 Å². The Hall–Kier alpha value is -1.89. The Kier molecular flexibility index (Phi) is 3.67. The molecule has 0 unspecified atom stereocenters. The molecular weight excluding hydrogens is 256 g/mol. The Morgan fingerprint density at radius 2 is 1.62 bits per heavy atom. The number of ketones is 1. The van der Waals surface area contributed by atoms with Gasteiger partial charge in [0.2, 0.25) is 0 Å². The summed E-state index contributed by atoms with van der Waals surface area (Å²) in [7, 11) is 0. The van der Waals surface area contributed by atoms with Crippen LogP contribution in [0.3, 0.4) is 0 Å². The summed E-state index contributed by atoms with van der Waals surface area (Å²) in [6.45, 7) is 6.15. The molecule has 1 nitrogen and oxygen atoms in total. The molecule has 0 heterocycles. The highest BCUT2D eigenvalue weighted by Gasteiger charge is 2.19. The first-order chi connectivity index (χ1) is 10.1. The van der Waals surface area contributed by atoms with E-state index in [1.54, 1.807) is 5.57 Å². The van der Waals surface area contributed by atoms with Crippen molar-refractivity contribution < 1.29 is 4.79 Å². The molecular formula is C20H22O. The summed E-state index contributed by atoms with van der Waals surface area (Å²) < 4.78 is 0. The maximum Gasteiger partial charge on any atom is 0.166 e. The molecule has 3 rings (SSSR count). The van der Waals surface area contributed by atoms with Gasteiger partial charge in [-0.05, 0) is 48.1 Å². The monoisotopic (exact) mass is 278 g/mol. The van der Waals surface area contributed by atoms with Crippen LogP contribution in [0.15, 0.2) is 42.0 Å². The van der Waals surface area contributed by atoms with E-state index in [4.69, 9.17) is 0 Å². The lowest BCUT2D eigenvalue weighted by Crippen LogP contribution is -2.09. The van der Waals surface area contributed by atoms with E-state index in [1.165, 1.54) is 35.8 Å². The van der Waals surface area contributed by atoms with Gasteiger partial charge in [-0.1, -0.05) is 55.8 Å². The van der Waals surface area contributed by atoms with Crippen molar-refractivity contribution in [3.63, 3.8) is 0 Å². The van der Waals surface area contributed by atoms with E-state index in [0.29, 0.717) is 0 Å². The Bertz CT molecular complexity index is 723. The highest BCUT2D eigenvalue weighted by Crippen LogP contribution is 2.37.